The predicted octanol–water partition coefficient (Wildman–Crippen LogP) is 2.70. The molecule has 82 valence electrons. The van der Waals surface area contributed by atoms with E-state index in [0.29, 0.717) is 6.04 Å². The summed E-state index contributed by atoms with van der Waals surface area (Å²) in [5.41, 5.74) is -0.270. The topological polar surface area (TPSA) is 41.5 Å². The monoisotopic (exact) mass is 198 g/mol. The highest BCUT2D eigenvalue weighted by Gasteiger charge is 2.31. The molecule has 3 nitrogen and oxygen atoms in total. The van der Waals surface area contributed by atoms with Crippen LogP contribution in [0.4, 0.5) is 0 Å². The lowest BCUT2D eigenvalue weighted by Gasteiger charge is -2.32. The first kappa shape index (κ1) is 11.6. The summed E-state index contributed by atoms with van der Waals surface area (Å²) in [4.78, 5) is 10.6. The second kappa shape index (κ2) is 4.87. The Hall–Kier alpha value is -0.440. The van der Waals surface area contributed by atoms with E-state index in [9.17, 15) is 4.91 Å². The molecule has 1 N–H and O–H groups in total. The van der Waals surface area contributed by atoms with Crippen molar-refractivity contribution in [3.8, 4) is 0 Å². The summed E-state index contributed by atoms with van der Waals surface area (Å²) in [7, 11) is 0. The Balaban J connectivity index is 2.25. The van der Waals surface area contributed by atoms with Crippen molar-refractivity contribution in [3.63, 3.8) is 0 Å². The van der Waals surface area contributed by atoms with E-state index in [2.05, 4.69) is 24.3 Å². The summed E-state index contributed by atoms with van der Waals surface area (Å²) in [6.45, 7) is 7.40. The minimum Gasteiger partial charge on any atom is -0.314 e. The van der Waals surface area contributed by atoms with Crippen molar-refractivity contribution in [3.05, 3.63) is 4.91 Å². The predicted molar refractivity (Wildman–Crippen MR) is 59.3 cm³/mol. The van der Waals surface area contributed by atoms with Gasteiger partial charge in [-0.2, -0.15) is 4.91 Å². The molecule has 0 radical (unpaired) electrons. The standard InChI is InChI=1S/C11H22N2O/c1-9(2)12-8-10-4-6-11(3,13-14)7-5-10/h9-10,12H,4-8H2,1-3H3. The van der Waals surface area contributed by atoms with Crippen molar-refractivity contribution >= 4 is 0 Å². The van der Waals surface area contributed by atoms with Crippen molar-refractivity contribution in [1.82, 2.24) is 5.32 Å². The number of nitrogens with one attached hydrogen (secondary N) is 1. The third-order valence-corrected chi connectivity index (χ3v) is 3.22. The Labute approximate surface area is 86.6 Å². The van der Waals surface area contributed by atoms with Gasteiger partial charge in [-0.25, -0.2) is 0 Å². The molecule has 0 aromatic carbocycles. The van der Waals surface area contributed by atoms with Crippen LogP contribution >= 0.6 is 0 Å². The molecule has 0 aliphatic heterocycles. The Bertz CT molecular complexity index is 184. The van der Waals surface area contributed by atoms with E-state index < -0.39 is 0 Å². The molecule has 0 aromatic rings. The van der Waals surface area contributed by atoms with Crippen molar-refractivity contribution in [2.45, 2.75) is 58.0 Å². The molecule has 0 heterocycles. The molecule has 0 saturated heterocycles. The van der Waals surface area contributed by atoms with Crippen LogP contribution in [0.5, 0.6) is 0 Å². The first-order valence-corrected chi connectivity index (χ1v) is 5.63. The Morgan fingerprint density at radius 1 is 1.43 bits per heavy atom. The maximum absolute atomic E-state index is 10.6. The molecule has 0 amide bonds. The number of rotatable bonds is 4. The molecule has 14 heavy (non-hydrogen) atoms. The Kier molecular flexibility index (Phi) is 4.05. The van der Waals surface area contributed by atoms with E-state index in [0.717, 1.165) is 38.1 Å². The van der Waals surface area contributed by atoms with Gasteiger partial charge in [0.15, 0.2) is 0 Å². The summed E-state index contributed by atoms with van der Waals surface area (Å²) in [5.74, 6) is 0.743. The van der Waals surface area contributed by atoms with Gasteiger partial charge in [-0.15, -0.1) is 0 Å². The van der Waals surface area contributed by atoms with Gasteiger partial charge in [0.2, 0.25) is 0 Å². The van der Waals surface area contributed by atoms with Gasteiger partial charge in [0, 0.05) is 6.04 Å². The summed E-state index contributed by atoms with van der Waals surface area (Å²) in [5, 5.41) is 6.69. The van der Waals surface area contributed by atoms with E-state index in [1.807, 2.05) is 6.92 Å². The molecule has 0 bridgehead atoms. The van der Waals surface area contributed by atoms with Gasteiger partial charge in [0.05, 0.1) is 5.54 Å². The second-order valence-electron chi connectivity index (χ2n) is 5.09. The lowest BCUT2D eigenvalue weighted by atomic mass is 9.78. The molecule has 1 aliphatic carbocycles. The van der Waals surface area contributed by atoms with Crippen molar-refractivity contribution < 1.29 is 0 Å². The molecule has 3 heteroatoms. The van der Waals surface area contributed by atoms with E-state index in [1.54, 1.807) is 0 Å². The third-order valence-electron chi connectivity index (χ3n) is 3.22. The van der Waals surface area contributed by atoms with Crippen molar-refractivity contribution in [2.24, 2.45) is 11.1 Å². The van der Waals surface area contributed by atoms with Crippen LogP contribution in [0.15, 0.2) is 5.18 Å². The van der Waals surface area contributed by atoms with Gasteiger partial charge in [-0.05, 0) is 45.1 Å². The summed E-state index contributed by atoms with van der Waals surface area (Å²) >= 11 is 0. The van der Waals surface area contributed by atoms with Crippen molar-refractivity contribution in [2.75, 3.05) is 6.54 Å². The van der Waals surface area contributed by atoms with E-state index >= 15 is 0 Å². The molecule has 1 fully saturated rings. The zero-order valence-electron chi connectivity index (χ0n) is 9.55. The normalized spacial score (nSPS) is 33.3. The minimum atomic E-state index is -0.270. The first-order valence-electron chi connectivity index (χ1n) is 5.63. The lowest BCUT2D eigenvalue weighted by molar-refractivity contribution is 0.243. The van der Waals surface area contributed by atoms with E-state index in [-0.39, 0.29) is 5.54 Å². The fourth-order valence-electron chi connectivity index (χ4n) is 2.00. The van der Waals surface area contributed by atoms with Crippen LogP contribution in [0, 0.1) is 10.8 Å². The molecule has 0 aromatic heterocycles. The lowest BCUT2D eigenvalue weighted by Crippen LogP contribution is -2.35. The van der Waals surface area contributed by atoms with Gasteiger partial charge in [0.1, 0.15) is 0 Å². The summed E-state index contributed by atoms with van der Waals surface area (Å²) in [6.07, 6.45) is 4.20. The fourth-order valence-corrected chi connectivity index (χ4v) is 2.00. The van der Waals surface area contributed by atoms with Crippen LogP contribution in [-0.4, -0.2) is 18.1 Å². The number of hydrogen-bond donors (Lipinski definition) is 1. The molecule has 0 atom stereocenters. The number of hydrogen-bond acceptors (Lipinski definition) is 3. The van der Waals surface area contributed by atoms with Crippen LogP contribution in [0.25, 0.3) is 0 Å². The molecule has 1 rings (SSSR count). The van der Waals surface area contributed by atoms with Gasteiger partial charge in [0.25, 0.3) is 0 Å². The van der Waals surface area contributed by atoms with Gasteiger partial charge in [-0.3, -0.25) is 0 Å². The number of nitrogens with zero attached hydrogens (tertiary/aromatic N) is 1. The summed E-state index contributed by atoms with van der Waals surface area (Å²) < 4.78 is 0. The molecular formula is C11H22N2O. The number of nitroso groups, excluding NO2 is 1. The zero-order valence-corrected chi connectivity index (χ0v) is 9.55. The third kappa shape index (κ3) is 3.37. The quantitative estimate of drug-likeness (QED) is 0.706. The van der Waals surface area contributed by atoms with E-state index in [4.69, 9.17) is 0 Å². The maximum Gasteiger partial charge on any atom is 0.0998 e. The minimum absolute atomic E-state index is 0.270. The maximum atomic E-state index is 10.6. The largest absolute Gasteiger partial charge is 0.314 e. The van der Waals surface area contributed by atoms with Gasteiger partial charge >= 0.3 is 0 Å². The van der Waals surface area contributed by atoms with Crippen LogP contribution in [-0.2, 0) is 0 Å². The summed E-state index contributed by atoms with van der Waals surface area (Å²) in [6, 6.07) is 0.563. The molecule has 0 unspecified atom stereocenters. The zero-order chi connectivity index (χ0) is 10.6. The molecular weight excluding hydrogens is 176 g/mol. The van der Waals surface area contributed by atoms with Gasteiger partial charge < -0.3 is 5.32 Å². The second-order valence-corrected chi connectivity index (χ2v) is 5.09. The van der Waals surface area contributed by atoms with Crippen LogP contribution in [0.2, 0.25) is 0 Å². The highest BCUT2D eigenvalue weighted by Crippen LogP contribution is 2.34. The molecule has 1 saturated carbocycles. The highest BCUT2D eigenvalue weighted by atomic mass is 16.3. The van der Waals surface area contributed by atoms with Crippen LogP contribution in [0.3, 0.4) is 0 Å². The van der Waals surface area contributed by atoms with Gasteiger partial charge in [-0.1, -0.05) is 19.0 Å². The Morgan fingerprint density at radius 2 is 2.00 bits per heavy atom. The Morgan fingerprint density at radius 3 is 2.43 bits per heavy atom. The molecule has 0 spiro atoms. The average Bonchev–Trinajstić information content (AvgIpc) is 2.17. The van der Waals surface area contributed by atoms with E-state index in [1.165, 1.54) is 0 Å². The first-order chi connectivity index (χ1) is 6.56. The smallest absolute Gasteiger partial charge is 0.0998 e. The van der Waals surface area contributed by atoms with Crippen LogP contribution < -0.4 is 5.32 Å². The fraction of sp³-hybridized carbons (Fsp3) is 1.00. The van der Waals surface area contributed by atoms with Crippen LogP contribution in [0.1, 0.15) is 46.5 Å². The van der Waals surface area contributed by atoms with Crippen molar-refractivity contribution in [1.29, 1.82) is 0 Å². The SMILES string of the molecule is CC(C)NCC1CCC(C)(N=O)CC1. The average molecular weight is 198 g/mol. The molecule has 1 aliphatic rings. The highest BCUT2D eigenvalue weighted by molar-refractivity contribution is 4.89.